The topological polar surface area (TPSA) is 95.9 Å². The van der Waals surface area contributed by atoms with Crippen LogP contribution < -0.4 is 5.32 Å². The monoisotopic (exact) mass is 434 g/mol. The average molecular weight is 434 g/mol. The van der Waals surface area contributed by atoms with Gasteiger partial charge in [0.25, 0.3) is 0 Å². The number of aliphatic carboxylic acids is 1. The number of carbonyl (C=O) groups is 3. The van der Waals surface area contributed by atoms with Crippen molar-refractivity contribution in [1.82, 2.24) is 10.2 Å². The van der Waals surface area contributed by atoms with E-state index in [4.69, 9.17) is 16.3 Å². The summed E-state index contributed by atoms with van der Waals surface area (Å²) in [4.78, 5) is 37.5. The van der Waals surface area contributed by atoms with Gasteiger partial charge < -0.3 is 20.1 Å². The zero-order valence-corrected chi connectivity index (χ0v) is 18.1. The van der Waals surface area contributed by atoms with Gasteiger partial charge in [-0.3, -0.25) is 9.59 Å². The highest BCUT2D eigenvalue weighted by Gasteiger charge is 2.32. The van der Waals surface area contributed by atoms with Crippen LogP contribution in [0.15, 0.2) is 48.5 Å². The molecule has 1 aliphatic rings. The SMILES string of the molecule is C#CCN(CC(=O)O)C(=O)[C@@H](NC(=O)OCC1c2ccccc2-c2ccccc21)C(C)C. The number of hydrogen-bond donors (Lipinski definition) is 2. The maximum absolute atomic E-state index is 12.8. The van der Waals surface area contributed by atoms with Crippen molar-refractivity contribution < 1.29 is 24.2 Å². The summed E-state index contributed by atoms with van der Waals surface area (Å²) in [7, 11) is 0. The first-order valence-corrected chi connectivity index (χ1v) is 10.4. The Bertz CT molecular complexity index is 1010. The summed E-state index contributed by atoms with van der Waals surface area (Å²) in [5.41, 5.74) is 4.40. The van der Waals surface area contributed by atoms with E-state index in [0.717, 1.165) is 27.2 Å². The molecule has 2 amide bonds. The van der Waals surface area contributed by atoms with Crippen molar-refractivity contribution in [3.05, 3.63) is 59.7 Å². The van der Waals surface area contributed by atoms with Crippen LogP contribution in [0.2, 0.25) is 0 Å². The molecule has 0 spiro atoms. The number of nitrogens with one attached hydrogen (secondary N) is 1. The second kappa shape index (κ2) is 10.0. The minimum atomic E-state index is -1.18. The van der Waals surface area contributed by atoms with Gasteiger partial charge in [0.1, 0.15) is 19.2 Å². The van der Waals surface area contributed by atoms with Gasteiger partial charge in [-0.25, -0.2) is 4.79 Å². The number of ether oxygens (including phenoxy) is 1. The third-order valence-corrected chi connectivity index (χ3v) is 5.47. The van der Waals surface area contributed by atoms with E-state index in [9.17, 15) is 14.4 Å². The van der Waals surface area contributed by atoms with Gasteiger partial charge in [-0.1, -0.05) is 68.3 Å². The van der Waals surface area contributed by atoms with Gasteiger partial charge in [0.2, 0.25) is 5.91 Å². The Morgan fingerprint density at radius 1 is 1.09 bits per heavy atom. The summed E-state index contributed by atoms with van der Waals surface area (Å²) in [6.45, 7) is 2.91. The first kappa shape index (κ1) is 22.9. The molecule has 3 rings (SSSR count). The van der Waals surface area contributed by atoms with Crippen molar-refractivity contribution in [2.24, 2.45) is 5.92 Å². The standard InChI is InChI=1S/C25H26N2O5/c1-4-13-27(14-22(28)29)24(30)23(16(2)3)26-25(31)32-15-21-19-11-7-5-9-17(19)18-10-6-8-12-20(18)21/h1,5-12,16,21,23H,13-15H2,2-3H3,(H,26,31)(H,28,29)/t23-/m0/s1. The van der Waals surface area contributed by atoms with Crippen LogP contribution in [0.4, 0.5) is 4.79 Å². The lowest BCUT2D eigenvalue weighted by atomic mass is 9.98. The Hall–Kier alpha value is -3.79. The number of amides is 2. The minimum absolute atomic E-state index is 0.105. The predicted molar refractivity (Wildman–Crippen MR) is 120 cm³/mol. The van der Waals surface area contributed by atoms with Crippen LogP contribution in [0.25, 0.3) is 11.1 Å². The lowest BCUT2D eigenvalue weighted by molar-refractivity contribution is -0.145. The van der Waals surface area contributed by atoms with Gasteiger partial charge >= 0.3 is 12.1 Å². The fourth-order valence-corrected chi connectivity index (χ4v) is 3.96. The molecule has 0 aromatic heterocycles. The molecule has 32 heavy (non-hydrogen) atoms. The fourth-order valence-electron chi connectivity index (χ4n) is 3.96. The maximum Gasteiger partial charge on any atom is 0.407 e. The minimum Gasteiger partial charge on any atom is -0.480 e. The molecule has 1 aliphatic carbocycles. The van der Waals surface area contributed by atoms with Crippen molar-refractivity contribution in [1.29, 1.82) is 0 Å². The first-order chi connectivity index (χ1) is 15.3. The molecule has 0 fully saturated rings. The molecule has 0 saturated carbocycles. The third kappa shape index (κ3) is 4.92. The van der Waals surface area contributed by atoms with Gasteiger partial charge in [-0.2, -0.15) is 0 Å². The number of alkyl carbamates (subject to hydrolysis) is 1. The number of carboxylic acid groups (broad SMARTS) is 1. The Labute approximate surface area is 187 Å². The lowest BCUT2D eigenvalue weighted by Crippen LogP contribution is -2.52. The Morgan fingerprint density at radius 3 is 2.16 bits per heavy atom. The summed E-state index contributed by atoms with van der Waals surface area (Å²) >= 11 is 0. The number of benzene rings is 2. The number of fused-ring (bicyclic) bond motifs is 3. The highest BCUT2D eigenvalue weighted by molar-refractivity contribution is 5.88. The number of carboxylic acids is 1. The maximum atomic E-state index is 12.8. The lowest BCUT2D eigenvalue weighted by Gasteiger charge is -2.27. The molecule has 0 saturated heterocycles. The van der Waals surface area contributed by atoms with Crippen molar-refractivity contribution >= 4 is 18.0 Å². The Kier molecular flexibility index (Phi) is 7.16. The molecule has 2 aromatic carbocycles. The number of carbonyl (C=O) groups excluding carboxylic acids is 2. The molecule has 7 heteroatoms. The molecule has 2 N–H and O–H groups in total. The molecule has 0 bridgehead atoms. The van der Waals surface area contributed by atoms with Crippen LogP contribution in [0.5, 0.6) is 0 Å². The van der Waals surface area contributed by atoms with Gasteiger partial charge in [0.15, 0.2) is 0 Å². The van der Waals surface area contributed by atoms with Crippen LogP contribution in [0, 0.1) is 18.3 Å². The van der Waals surface area contributed by atoms with Crippen molar-refractivity contribution in [2.75, 3.05) is 19.7 Å². The van der Waals surface area contributed by atoms with E-state index < -0.39 is 30.6 Å². The van der Waals surface area contributed by atoms with E-state index in [1.165, 1.54) is 0 Å². The highest BCUT2D eigenvalue weighted by Crippen LogP contribution is 2.44. The summed E-state index contributed by atoms with van der Waals surface area (Å²) in [5, 5.41) is 11.6. The second-order valence-corrected chi connectivity index (χ2v) is 7.98. The third-order valence-electron chi connectivity index (χ3n) is 5.47. The molecule has 0 unspecified atom stereocenters. The molecule has 7 nitrogen and oxygen atoms in total. The number of terminal acetylenes is 1. The highest BCUT2D eigenvalue weighted by atomic mass is 16.5. The normalized spacial score (nSPS) is 12.9. The largest absolute Gasteiger partial charge is 0.480 e. The smallest absolute Gasteiger partial charge is 0.407 e. The molecular formula is C25H26N2O5. The zero-order valence-electron chi connectivity index (χ0n) is 18.1. The van der Waals surface area contributed by atoms with Crippen LogP contribution in [-0.4, -0.2) is 53.7 Å². The molecule has 166 valence electrons. The van der Waals surface area contributed by atoms with Crippen molar-refractivity contribution in [3.8, 4) is 23.5 Å². The molecule has 0 radical (unpaired) electrons. The first-order valence-electron chi connectivity index (χ1n) is 10.4. The molecule has 0 aliphatic heterocycles. The molecular weight excluding hydrogens is 408 g/mol. The molecule has 0 heterocycles. The van der Waals surface area contributed by atoms with Crippen molar-refractivity contribution in [2.45, 2.75) is 25.8 Å². The summed E-state index contributed by atoms with van der Waals surface area (Å²) in [5.74, 6) is 0.136. The number of rotatable bonds is 8. The zero-order chi connectivity index (χ0) is 23.3. The molecule has 2 aromatic rings. The summed E-state index contributed by atoms with van der Waals surface area (Å²) in [6.07, 6.45) is 4.53. The number of hydrogen-bond acceptors (Lipinski definition) is 4. The van der Waals surface area contributed by atoms with E-state index >= 15 is 0 Å². The number of nitrogens with zero attached hydrogens (tertiary/aromatic N) is 1. The van der Waals surface area contributed by atoms with Gasteiger partial charge in [-0.15, -0.1) is 6.42 Å². The summed E-state index contributed by atoms with van der Waals surface area (Å²) in [6, 6.07) is 15.0. The van der Waals surface area contributed by atoms with Crippen molar-refractivity contribution in [3.63, 3.8) is 0 Å². The van der Waals surface area contributed by atoms with E-state index in [1.807, 2.05) is 48.5 Å². The van der Waals surface area contributed by atoms with E-state index in [-0.39, 0.29) is 25.0 Å². The molecule has 1 atom stereocenters. The van der Waals surface area contributed by atoms with Crippen LogP contribution in [0.3, 0.4) is 0 Å². The average Bonchev–Trinajstić information content (AvgIpc) is 3.08. The van der Waals surface area contributed by atoms with Gasteiger partial charge in [0, 0.05) is 5.92 Å². The quantitative estimate of drug-likeness (QED) is 0.623. The Morgan fingerprint density at radius 2 is 1.66 bits per heavy atom. The van der Waals surface area contributed by atoms with E-state index in [0.29, 0.717) is 0 Å². The van der Waals surface area contributed by atoms with Gasteiger partial charge in [-0.05, 0) is 28.2 Å². The predicted octanol–water partition coefficient (Wildman–Crippen LogP) is 3.10. The van der Waals surface area contributed by atoms with E-state index in [2.05, 4.69) is 11.2 Å². The van der Waals surface area contributed by atoms with Crippen LogP contribution in [0.1, 0.15) is 30.9 Å². The van der Waals surface area contributed by atoms with Crippen LogP contribution >= 0.6 is 0 Å². The summed E-state index contributed by atoms with van der Waals surface area (Å²) < 4.78 is 5.51. The van der Waals surface area contributed by atoms with Gasteiger partial charge in [0.05, 0.1) is 6.54 Å². The van der Waals surface area contributed by atoms with Crippen LogP contribution in [-0.2, 0) is 14.3 Å². The fraction of sp³-hybridized carbons (Fsp3) is 0.320. The second-order valence-electron chi connectivity index (χ2n) is 7.98. The van der Waals surface area contributed by atoms with E-state index in [1.54, 1.807) is 13.8 Å². The Balaban J connectivity index is 1.70.